The summed E-state index contributed by atoms with van der Waals surface area (Å²) >= 11 is 5.99. The van der Waals surface area contributed by atoms with Crippen molar-refractivity contribution in [3.05, 3.63) is 64.7 Å². The van der Waals surface area contributed by atoms with Crippen LogP contribution in [0.25, 0.3) is 0 Å². The van der Waals surface area contributed by atoms with Crippen LogP contribution in [0.3, 0.4) is 0 Å². The average molecular weight is 446 g/mol. The van der Waals surface area contributed by atoms with Crippen LogP contribution in [0.1, 0.15) is 56.3 Å². The van der Waals surface area contributed by atoms with Gasteiger partial charge >= 0.3 is 5.97 Å². The smallest absolute Gasteiger partial charge is 0.345 e. The number of carboxylic acids is 1. The van der Waals surface area contributed by atoms with E-state index in [4.69, 9.17) is 16.3 Å². The van der Waals surface area contributed by atoms with Gasteiger partial charge in [-0.3, -0.25) is 0 Å². The Morgan fingerprint density at radius 2 is 1.87 bits per heavy atom. The molecule has 3 unspecified atom stereocenters. The highest BCUT2D eigenvalue weighted by Gasteiger charge is 2.31. The molecule has 1 aliphatic rings. The fraction of sp³-hybridized carbons (Fsp3) is 0.480. The third-order valence-electron chi connectivity index (χ3n) is 5.94. The number of aliphatic hydroxyl groups is 1. The summed E-state index contributed by atoms with van der Waals surface area (Å²) in [5, 5.41) is 23.9. The molecular formula is C25H32ClNO4. The van der Waals surface area contributed by atoms with Gasteiger partial charge in [0.2, 0.25) is 0 Å². The Kier molecular flexibility index (Phi) is 8.76. The Balaban J connectivity index is 1.49. The topological polar surface area (TPSA) is 78.8 Å². The highest BCUT2D eigenvalue weighted by molar-refractivity contribution is 6.30. The lowest BCUT2D eigenvalue weighted by molar-refractivity contribution is -0.148. The number of hydrogen-bond donors (Lipinski definition) is 3. The van der Waals surface area contributed by atoms with Crippen LogP contribution in [0.15, 0.2) is 48.5 Å². The first-order valence-electron chi connectivity index (χ1n) is 11.1. The summed E-state index contributed by atoms with van der Waals surface area (Å²) in [6.07, 6.45) is 4.55. The van der Waals surface area contributed by atoms with E-state index in [-0.39, 0.29) is 12.0 Å². The average Bonchev–Trinajstić information content (AvgIpc) is 2.77. The maximum absolute atomic E-state index is 11.7. The fourth-order valence-corrected chi connectivity index (χ4v) is 4.40. The second-order valence-electron chi connectivity index (χ2n) is 8.50. The van der Waals surface area contributed by atoms with Crippen molar-refractivity contribution in [2.24, 2.45) is 5.92 Å². The molecule has 3 rings (SSSR count). The summed E-state index contributed by atoms with van der Waals surface area (Å²) < 4.78 is 5.85. The minimum atomic E-state index is -0.882. The molecule has 0 aromatic heterocycles. The predicted octanol–water partition coefficient (Wildman–Crippen LogP) is 5.01. The SMILES string of the molecule is CC(Cc1ccc(OC(C(=O)O)C2CCCCC2)cc1)NCC(O)c1cccc(Cl)c1. The second-order valence-corrected chi connectivity index (χ2v) is 8.94. The van der Waals surface area contributed by atoms with E-state index in [2.05, 4.69) is 12.2 Å². The molecule has 5 nitrogen and oxygen atoms in total. The Labute approximate surface area is 189 Å². The molecule has 0 spiro atoms. The van der Waals surface area contributed by atoms with Gasteiger partial charge in [-0.25, -0.2) is 4.79 Å². The first kappa shape index (κ1) is 23.6. The van der Waals surface area contributed by atoms with Crippen molar-refractivity contribution in [3.8, 4) is 5.75 Å². The minimum Gasteiger partial charge on any atom is -0.478 e. The van der Waals surface area contributed by atoms with Crippen molar-refractivity contribution in [1.82, 2.24) is 5.32 Å². The van der Waals surface area contributed by atoms with E-state index in [0.29, 0.717) is 17.3 Å². The van der Waals surface area contributed by atoms with Crippen LogP contribution in [-0.4, -0.2) is 34.9 Å². The van der Waals surface area contributed by atoms with E-state index < -0.39 is 18.2 Å². The lowest BCUT2D eigenvalue weighted by Gasteiger charge is -2.27. The molecule has 168 valence electrons. The summed E-state index contributed by atoms with van der Waals surface area (Å²) in [5.41, 5.74) is 1.91. The van der Waals surface area contributed by atoms with Crippen LogP contribution < -0.4 is 10.1 Å². The molecule has 0 amide bonds. The monoisotopic (exact) mass is 445 g/mol. The highest BCUT2D eigenvalue weighted by atomic mass is 35.5. The third-order valence-corrected chi connectivity index (χ3v) is 6.18. The number of benzene rings is 2. The van der Waals surface area contributed by atoms with Gasteiger partial charge in [0.1, 0.15) is 5.75 Å². The number of nitrogens with one attached hydrogen (secondary N) is 1. The van der Waals surface area contributed by atoms with Crippen LogP contribution in [0.2, 0.25) is 5.02 Å². The van der Waals surface area contributed by atoms with Gasteiger partial charge in [-0.1, -0.05) is 55.1 Å². The Morgan fingerprint density at radius 1 is 1.16 bits per heavy atom. The van der Waals surface area contributed by atoms with Gasteiger partial charge in [0, 0.05) is 23.5 Å². The van der Waals surface area contributed by atoms with Gasteiger partial charge in [-0.05, 0) is 61.6 Å². The largest absolute Gasteiger partial charge is 0.478 e. The molecule has 0 aliphatic heterocycles. The summed E-state index contributed by atoms with van der Waals surface area (Å²) in [4.78, 5) is 11.7. The van der Waals surface area contributed by atoms with Gasteiger partial charge in [-0.15, -0.1) is 0 Å². The molecule has 0 heterocycles. The first-order valence-corrected chi connectivity index (χ1v) is 11.5. The van der Waals surface area contributed by atoms with E-state index in [0.717, 1.165) is 43.2 Å². The highest BCUT2D eigenvalue weighted by Crippen LogP contribution is 2.29. The minimum absolute atomic E-state index is 0.0843. The molecule has 1 fully saturated rings. The number of carboxylic acid groups (broad SMARTS) is 1. The van der Waals surface area contributed by atoms with E-state index >= 15 is 0 Å². The van der Waals surface area contributed by atoms with E-state index in [1.54, 1.807) is 12.1 Å². The number of hydrogen-bond acceptors (Lipinski definition) is 4. The fourth-order valence-electron chi connectivity index (χ4n) is 4.21. The number of rotatable bonds is 10. The maximum atomic E-state index is 11.7. The lowest BCUT2D eigenvalue weighted by atomic mass is 9.85. The van der Waals surface area contributed by atoms with Gasteiger partial charge in [0.15, 0.2) is 6.10 Å². The predicted molar refractivity (Wildman–Crippen MR) is 123 cm³/mol. The molecule has 0 bridgehead atoms. The van der Waals surface area contributed by atoms with Gasteiger partial charge in [0.25, 0.3) is 0 Å². The molecule has 0 radical (unpaired) electrons. The molecule has 2 aromatic carbocycles. The zero-order valence-corrected chi connectivity index (χ0v) is 18.7. The van der Waals surface area contributed by atoms with Crippen LogP contribution in [0, 0.1) is 5.92 Å². The van der Waals surface area contributed by atoms with Crippen molar-refractivity contribution in [2.45, 2.75) is 63.7 Å². The number of aliphatic hydroxyl groups excluding tert-OH is 1. The number of halogens is 1. The summed E-state index contributed by atoms with van der Waals surface area (Å²) in [7, 11) is 0. The summed E-state index contributed by atoms with van der Waals surface area (Å²) in [6.45, 7) is 2.50. The van der Waals surface area contributed by atoms with Crippen molar-refractivity contribution in [1.29, 1.82) is 0 Å². The summed E-state index contributed by atoms with van der Waals surface area (Å²) in [5.74, 6) is -0.202. The zero-order chi connectivity index (χ0) is 22.2. The molecule has 0 saturated heterocycles. The van der Waals surface area contributed by atoms with Gasteiger partial charge in [-0.2, -0.15) is 0 Å². The Hall–Kier alpha value is -2.08. The zero-order valence-electron chi connectivity index (χ0n) is 18.0. The van der Waals surface area contributed by atoms with Crippen LogP contribution in [-0.2, 0) is 11.2 Å². The third kappa shape index (κ3) is 7.23. The van der Waals surface area contributed by atoms with Crippen molar-refractivity contribution >= 4 is 17.6 Å². The molecule has 3 N–H and O–H groups in total. The molecule has 1 saturated carbocycles. The lowest BCUT2D eigenvalue weighted by Crippen LogP contribution is -2.36. The quantitative estimate of drug-likeness (QED) is 0.479. The first-order chi connectivity index (χ1) is 14.9. The number of aliphatic carboxylic acids is 1. The molecule has 6 heteroatoms. The standard InChI is InChI=1S/C25H32ClNO4/c1-17(27-16-23(28)20-8-5-9-21(26)15-20)14-18-10-12-22(13-11-18)31-24(25(29)30)19-6-3-2-4-7-19/h5,8-13,15,17,19,23-24,27-28H,2-4,6-7,14,16H2,1H3,(H,29,30). The Morgan fingerprint density at radius 3 is 2.52 bits per heavy atom. The van der Waals surface area contributed by atoms with Crippen molar-refractivity contribution in [2.75, 3.05) is 6.54 Å². The maximum Gasteiger partial charge on any atom is 0.345 e. The van der Waals surface area contributed by atoms with Gasteiger partial charge < -0.3 is 20.3 Å². The van der Waals surface area contributed by atoms with E-state index in [1.807, 2.05) is 36.4 Å². The van der Waals surface area contributed by atoms with E-state index in [9.17, 15) is 15.0 Å². The Bertz CT molecular complexity index is 836. The second kappa shape index (κ2) is 11.5. The number of ether oxygens (including phenoxy) is 1. The van der Waals surface area contributed by atoms with E-state index in [1.165, 1.54) is 6.42 Å². The molecule has 1 aliphatic carbocycles. The van der Waals surface area contributed by atoms with Crippen LogP contribution in [0.4, 0.5) is 0 Å². The normalized spacial score (nSPS) is 17.6. The summed E-state index contributed by atoms with van der Waals surface area (Å²) in [6, 6.07) is 15.1. The molecule has 31 heavy (non-hydrogen) atoms. The van der Waals surface area contributed by atoms with Crippen LogP contribution >= 0.6 is 11.6 Å². The molecule has 2 aromatic rings. The van der Waals surface area contributed by atoms with Crippen LogP contribution in [0.5, 0.6) is 5.75 Å². The molecular weight excluding hydrogens is 414 g/mol. The molecule has 3 atom stereocenters. The number of carbonyl (C=O) groups is 1. The van der Waals surface area contributed by atoms with Gasteiger partial charge in [0.05, 0.1) is 6.10 Å². The van der Waals surface area contributed by atoms with Crippen molar-refractivity contribution in [3.63, 3.8) is 0 Å². The van der Waals surface area contributed by atoms with Crippen molar-refractivity contribution < 1.29 is 19.7 Å².